The van der Waals surface area contributed by atoms with E-state index in [0.29, 0.717) is 0 Å². The Labute approximate surface area is 135 Å². The van der Waals surface area contributed by atoms with E-state index in [0.717, 1.165) is 27.2 Å². The van der Waals surface area contributed by atoms with Gasteiger partial charge in [0.25, 0.3) is 0 Å². The zero-order valence-corrected chi connectivity index (χ0v) is 14.0. The third kappa shape index (κ3) is 2.71. The molecule has 0 saturated carbocycles. The number of methoxy groups -OCH3 is 1. The van der Waals surface area contributed by atoms with E-state index in [2.05, 4.69) is 34.1 Å². The van der Waals surface area contributed by atoms with Gasteiger partial charge in [-0.3, -0.25) is 0 Å². The van der Waals surface area contributed by atoms with Crippen molar-refractivity contribution in [3.63, 3.8) is 0 Å². The lowest BCUT2D eigenvalue weighted by Crippen LogP contribution is -1.86. The molecule has 0 radical (unpaired) electrons. The summed E-state index contributed by atoms with van der Waals surface area (Å²) in [6.07, 6.45) is 0.834. The van der Waals surface area contributed by atoms with Gasteiger partial charge in [-0.15, -0.1) is 11.3 Å². The maximum absolute atomic E-state index is 6.26. The number of benzene rings is 2. The highest BCUT2D eigenvalue weighted by Gasteiger charge is 2.09. The highest BCUT2D eigenvalue weighted by Crippen LogP contribution is 2.35. The summed E-state index contributed by atoms with van der Waals surface area (Å²) in [4.78, 5) is 1.28. The fourth-order valence-corrected chi connectivity index (χ4v) is 3.97. The summed E-state index contributed by atoms with van der Waals surface area (Å²) in [5.41, 5.74) is 1.13. The molecular formula is C16H12BrClOS. The number of thiophene rings is 1. The lowest BCUT2D eigenvalue weighted by Gasteiger charge is -2.03. The van der Waals surface area contributed by atoms with Crippen LogP contribution < -0.4 is 4.74 Å². The smallest absolute Gasteiger partial charge is 0.136 e. The van der Waals surface area contributed by atoms with Gasteiger partial charge in [-0.05, 0) is 41.3 Å². The van der Waals surface area contributed by atoms with Crippen LogP contribution in [0.3, 0.4) is 0 Å². The SMILES string of the molecule is COc1cccc2cc(Cc3cc(Br)ccc3Cl)sc12. The number of ether oxygens (including phenoxy) is 1. The van der Waals surface area contributed by atoms with Gasteiger partial charge in [0, 0.05) is 20.8 Å². The molecule has 0 aliphatic carbocycles. The number of halogens is 2. The molecule has 0 fully saturated rings. The molecule has 1 aromatic heterocycles. The van der Waals surface area contributed by atoms with E-state index in [-0.39, 0.29) is 0 Å². The highest BCUT2D eigenvalue weighted by molar-refractivity contribution is 9.10. The normalized spacial score (nSPS) is 10.9. The molecule has 0 amide bonds. The van der Waals surface area contributed by atoms with E-state index in [1.54, 1.807) is 18.4 Å². The molecule has 0 saturated heterocycles. The van der Waals surface area contributed by atoms with Crippen LogP contribution in [0.2, 0.25) is 5.02 Å². The summed E-state index contributed by atoms with van der Waals surface area (Å²) < 4.78 is 7.65. The maximum atomic E-state index is 6.26. The van der Waals surface area contributed by atoms with Crippen molar-refractivity contribution in [2.24, 2.45) is 0 Å². The molecule has 1 nitrogen and oxygen atoms in total. The number of fused-ring (bicyclic) bond motifs is 1. The van der Waals surface area contributed by atoms with Crippen molar-refractivity contribution in [2.45, 2.75) is 6.42 Å². The van der Waals surface area contributed by atoms with Crippen LogP contribution in [0.4, 0.5) is 0 Å². The Balaban J connectivity index is 2.01. The molecule has 102 valence electrons. The molecule has 4 heteroatoms. The predicted molar refractivity (Wildman–Crippen MR) is 90.3 cm³/mol. The molecule has 0 bridgehead atoms. The Morgan fingerprint density at radius 2 is 2.05 bits per heavy atom. The molecule has 0 atom stereocenters. The summed E-state index contributed by atoms with van der Waals surface area (Å²) in [6, 6.07) is 14.3. The van der Waals surface area contributed by atoms with Crippen LogP contribution in [0.25, 0.3) is 10.1 Å². The predicted octanol–water partition coefficient (Wildman–Crippen LogP) is 5.92. The Bertz CT molecular complexity index is 766. The first kappa shape index (κ1) is 13.9. The number of hydrogen-bond acceptors (Lipinski definition) is 2. The van der Waals surface area contributed by atoms with Crippen molar-refractivity contribution in [3.8, 4) is 5.75 Å². The van der Waals surface area contributed by atoms with Crippen molar-refractivity contribution in [3.05, 3.63) is 62.4 Å². The zero-order valence-electron chi connectivity index (χ0n) is 10.8. The van der Waals surface area contributed by atoms with Gasteiger partial charge in [0.05, 0.1) is 11.8 Å². The van der Waals surface area contributed by atoms with Gasteiger partial charge in [-0.25, -0.2) is 0 Å². The van der Waals surface area contributed by atoms with E-state index in [1.165, 1.54) is 15.0 Å². The van der Waals surface area contributed by atoms with Crippen molar-refractivity contribution >= 4 is 49.0 Å². The summed E-state index contributed by atoms with van der Waals surface area (Å²) in [7, 11) is 1.71. The Hall–Kier alpha value is -1.03. The van der Waals surface area contributed by atoms with Crippen molar-refractivity contribution in [1.82, 2.24) is 0 Å². The standard InChI is InChI=1S/C16H12BrClOS/c1-19-15-4-2-3-10-8-13(20-16(10)15)9-11-7-12(17)5-6-14(11)18/h2-8H,9H2,1H3. The van der Waals surface area contributed by atoms with Crippen LogP contribution in [0.15, 0.2) is 46.9 Å². The summed E-state index contributed by atoms with van der Waals surface area (Å²) in [5, 5.41) is 2.02. The van der Waals surface area contributed by atoms with Gasteiger partial charge in [0.15, 0.2) is 0 Å². The number of hydrogen-bond donors (Lipinski definition) is 0. The fourth-order valence-electron chi connectivity index (χ4n) is 2.20. The van der Waals surface area contributed by atoms with E-state index < -0.39 is 0 Å². The second-order valence-electron chi connectivity index (χ2n) is 4.50. The molecule has 0 N–H and O–H groups in total. The van der Waals surface area contributed by atoms with Crippen LogP contribution in [-0.4, -0.2) is 7.11 Å². The molecular weight excluding hydrogens is 356 g/mol. The molecule has 20 heavy (non-hydrogen) atoms. The molecule has 0 spiro atoms. The molecule has 0 unspecified atom stereocenters. The molecule has 2 aromatic carbocycles. The largest absolute Gasteiger partial charge is 0.495 e. The third-order valence-corrected chi connectivity index (χ3v) is 5.18. The van der Waals surface area contributed by atoms with Gasteiger partial charge in [-0.2, -0.15) is 0 Å². The molecule has 1 heterocycles. The van der Waals surface area contributed by atoms with Gasteiger partial charge in [-0.1, -0.05) is 39.7 Å². The first-order valence-corrected chi connectivity index (χ1v) is 8.15. The summed E-state index contributed by atoms with van der Waals surface area (Å²) >= 11 is 11.5. The summed E-state index contributed by atoms with van der Waals surface area (Å²) in [6.45, 7) is 0. The van der Waals surface area contributed by atoms with E-state index in [4.69, 9.17) is 16.3 Å². The monoisotopic (exact) mass is 366 g/mol. The Morgan fingerprint density at radius 1 is 1.20 bits per heavy atom. The average Bonchev–Trinajstić information content (AvgIpc) is 2.85. The zero-order chi connectivity index (χ0) is 14.1. The molecule has 3 aromatic rings. The molecule has 0 aliphatic heterocycles. The minimum atomic E-state index is 0.803. The lowest BCUT2D eigenvalue weighted by molar-refractivity contribution is 0.420. The van der Waals surface area contributed by atoms with E-state index in [9.17, 15) is 0 Å². The van der Waals surface area contributed by atoms with Gasteiger partial charge in [0.2, 0.25) is 0 Å². The Kier molecular flexibility index (Phi) is 4.01. The quantitative estimate of drug-likeness (QED) is 0.558. The van der Waals surface area contributed by atoms with Crippen LogP contribution in [0, 0.1) is 0 Å². The summed E-state index contributed by atoms with van der Waals surface area (Å²) in [5.74, 6) is 0.930. The van der Waals surface area contributed by atoms with E-state index >= 15 is 0 Å². The van der Waals surface area contributed by atoms with E-state index in [1.807, 2.05) is 24.3 Å². The second kappa shape index (κ2) is 5.76. The average molecular weight is 368 g/mol. The van der Waals surface area contributed by atoms with Crippen LogP contribution >= 0.6 is 38.9 Å². The topological polar surface area (TPSA) is 9.23 Å². The molecule has 3 rings (SSSR count). The van der Waals surface area contributed by atoms with Gasteiger partial charge >= 0.3 is 0 Å². The van der Waals surface area contributed by atoms with Crippen LogP contribution in [-0.2, 0) is 6.42 Å². The second-order valence-corrected chi connectivity index (χ2v) is 6.96. The minimum absolute atomic E-state index is 0.803. The Morgan fingerprint density at radius 3 is 2.85 bits per heavy atom. The molecule has 0 aliphatic rings. The lowest BCUT2D eigenvalue weighted by atomic mass is 10.1. The minimum Gasteiger partial charge on any atom is -0.495 e. The first-order chi connectivity index (χ1) is 9.67. The van der Waals surface area contributed by atoms with Gasteiger partial charge in [0.1, 0.15) is 5.75 Å². The highest BCUT2D eigenvalue weighted by atomic mass is 79.9. The third-order valence-electron chi connectivity index (χ3n) is 3.15. The number of rotatable bonds is 3. The maximum Gasteiger partial charge on any atom is 0.136 e. The fraction of sp³-hybridized carbons (Fsp3) is 0.125. The van der Waals surface area contributed by atoms with Crippen molar-refractivity contribution in [1.29, 1.82) is 0 Å². The van der Waals surface area contributed by atoms with Crippen molar-refractivity contribution in [2.75, 3.05) is 7.11 Å². The van der Waals surface area contributed by atoms with Crippen molar-refractivity contribution < 1.29 is 4.74 Å². The first-order valence-electron chi connectivity index (χ1n) is 6.17. The van der Waals surface area contributed by atoms with Gasteiger partial charge < -0.3 is 4.74 Å². The van der Waals surface area contributed by atoms with Crippen LogP contribution in [0.5, 0.6) is 5.75 Å². The van der Waals surface area contributed by atoms with Crippen LogP contribution in [0.1, 0.15) is 10.4 Å².